The van der Waals surface area contributed by atoms with Crippen molar-refractivity contribution in [2.45, 2.75) is 25.5 Å². The summed E-state index contributed by atoms with van der Waals surface area (Å²) >= 11 is 0. The summed E-state index contributed by atoms with van der Waals surface area (Å²) in [6, 6.07) is 2.77. The van der Waals surface area contributed by atoms with E-state index in [9.17, 15) is 8.42 Å². The van der Waals surface area contributed by atoms with Gasteiger partial charge in [-0.25, -0.2) is 14.7 Å². The highest BCUT2D eigenvalue weighted by Gasteiger charge is 2.17. The molecule has 2 aromatic rings. The topological polar surface area (TPSA) is 118 Å². The minimum Gasteiger partial charge on any atom is -0.392 e. The van der Waals surface area contributed by atoms with Crippen molar-refractivity contribution in [1.82, 2.24) is 20.2 Å². The lowest BCUT2D eigenvalue weighted by atomic mass is 10.3. The molecule has 106 valence electrons. The fourth-order valence-electron chi connectivity index (χ4n) is 1.34. The van der Waals surface area contributed by atoms with Gasteiger partial charge in [0.2, 0.25) is 0 Å². The predicted molar refractivity (Wildman–Crippen MR) is 70.3 cm³/mol. The van der Waals surface area contributed by atoms with E-state index in [4.69, 9.17) is 5.11 Å². The molecule has 0 saturated carbocycles. The third-order valence-corrected chi connectivity index (χ3v) is 3.82. The second-order valence-corrected chi connectivity index (χ2v) is 5.70. The van der Waals surface area contributed by atoms with Crippen molar-refractivity contribution in [2.75, 3.05) is 4.72 Å². The van der Waals surface area contributed by atoms with E-state index in [2.05, 4.69) is 24.9 Å². The van der Waals surface area contributed by atoms with Crippen molar-refractivity contribution < 1.29 is 13.5 Å². The summed E-state index contributed by atoms with van der Waals surface area (Å²) in [5, 5.41) is 16.2. The van der Waals surface area contributed by atoms with E-state index in [1.54, 1.807) is 13.8 Å². The average molecular weight is 295 g/mol. The summed E-state index contributed by atoms with van der Waals surface area (Å²) < 4.78 is 26.3. The van der Waals surface area contributed by atoms with Crippen LogP contribution in [0.15, 0.2) is 23.4 Å². The Kier molecular flexibility index (Phi) is 3.91. The zero-order chi connectivity index (χ0) is 14.8. The van der Waals surface area contributed by atoms with E-state index in [0.717, 1.165) is 0 Å². The quantitative estimate of drug-likeness (QED) is 0.825. The molecule has 0 aromatic carbocycles. The fraction of sp³-hybridized carbons (Fsp3) is 0.273. The van der Waals surface area contributed by atoms with Crippen molar-refractivity contribution in [2.24, 2.45) is 0 Å². The summed E-state index contributed by atoms with van der Waals surface area (Å²) in [5.41, 5.74) is 1.73. The highest BCUT2D eigenvalue weighted by molar-refractivity contribution is 7.92. The summed E-state index contributed by atoms with van der Waals surface area (Å²) in [6.45, 7) is 3.23. The van der Waals surface area contributed by atoms with Crippen LogP contribution in [0.1, 0.15) is 17.0 Å². The van der Waals surface area contributed by atoms with Crippen LogP contribution in [0.2, 0.25) is 0 Å². The molecule has 0 aliphatic carbocycles. The van der Waals surface area contributed by atoms with Crippen LogP contribution in [0.3, 0.4) is 0 Å². The Balaban J connectivity index is 2.27. The van der Waals surface area contributed by atoms with Crippen molar-refractivity contribution in [3.63, 3.8) is 0 Å². The number of aliphatic hydroxyl groups is 1. The molecule has 2 N–H and O–H groups in total. The SMILES string of the molecule is Cc1nnc(NS(=O)(=O)c2ccc(CO)cn2)nc1C. The van der Waals surface area contributed by atoms with Crippen LogP contribution in [0.25, 0.3) is 0 Å². The number of nitrogens with one attached hydrogen (secondary N) is 1. The number of hydrogen-bond acceptors (Lipinski definition) is 7. The lowest BCUT2D eigenvalue weighted by Crippen LogP contribution is -2.17. The largest absolute Gasteiger partial charge is 0.392 e. The first-order valence-corrected chi connectivity index (χ1v) is 7.17. The number of rotatable bonds is 4. The standard InChI is InChI=1S/C11H13N5O3S/c1-7-8(2)14-15-11(13-7)16-20(18,19)10-4-3-9(6-17)5-12-10/h3-5,17H,6H2,1-2H3,(H,13,15,16). The van der Waals surface area contributed by atoms with Crippen molar-refractivity contribution in [3.8, 4) is 0 Å². The van der Waals surface area contributed by atoms with E-state index in [0.29, 0.717) is 17.0 Å². The smallest absolute Gasteiger partial charge is 0.281 e. The molecule has 2 heterocycles. The zero-order valence-corrected chi connectivity index (χ0v) is 11.7. The number of anilines is 1. The Morgan fingerprint density at radius 3 is 2.50 bits per heavy atom. The molecular formula is C11H13N5O3S. The number of pyridine rings is 1. The van der Waals surface area contributed by atoms with Gasteiger partial charge in [-0.3, -0.25) is 0 Å². The molecule has 0 amide bonds. The molecule has 0 bridgehead atoms. The molecule has 0 radical (unpaired) electrons. The molecule has 2 aromatic heterocycles. The normalized spacial score (nSPS) is 11.3. The maximum atomic E-state index is 12.1. The Morgan fingerprint density at radius 1 is 1.20 bits per heavy atom. The number of nitrogens with zero attached hydrogens (tertiary/aromatic N) is 4. The average Bonchev–Trinajstić information content (AvgIpc) is 2.43. The number of hydrogen-bond donors (Lipinski definition) is 2. The van der Waals surface area contributed by atoms with Crippen molar-refractivity contribution in [3.05, 3.63) is 35.3 Å². The number of aliphatic hydroxyl groups excluding tert-OH is 1. The Hall–Kier alpha value is -2.13. The molecule has 0 unspecified atom stereocenters. The molecule has 0 fully saturated rings. The van der Waals surface area contributed by atoms with Crippen LogP contribution in [0.4, 0.5) is 5.95 Å². The first-order valence-electron chi connectivity index (χ1n) is 5.69. The predicted octanol–water partition coefficient (Wildman–Crippen LogP) is 0.177. The maximum Gasteiger partial charge on any atom is 0.281 e. The van der Waals surface area contributed by atoms with Gasteiger partial charge in [-0.15, -0.1) is 5.10 Å². The molecular weight excluding hydrogens is 282 g/mol. The minimum atomic E-state index is -3.88. The van der Waals surface area contributed by atoms with Gasteiger partial charge in [-0.1, -0.05) is 6.07 Å². The van der Waals surface area contributed by atoms with E-state index in [-0.39, 0.29) is 17.6 Å². The molecule has 9 heteroatoms. The van der Waals surface area contributed by atoms with Gasteiger partial charge in [0.05, 0.1) is 18.0 Å². The Bertz CT molecular complexity index is 715. The summed E-state index contributed by atoms with van der Waals surface area (Å²) in [5.74, 6) is -0.110. The first kappa shape index (κ1) is 14.3. The highest BCUT2D eigenvalue weighted by Crippen LogP contribution is 2.11. The Morgan fingerprint density at radius 2 is 1.95 bits per heavy atom. The minimum absolute atomic E-state index is 0.110. The molecule has 0 atom stereocenters. The Labute approximate surface area is 116 Å². The van der Waals surface area contributed by atoms with Gasteiger partial charge in [0.1, 0.15) is 0 Å². The van der Waals surface area contributed by atoms with Crippen LogP contribution in [0, 0.1) is 13.8 Å². The van der Waals surface area contributed by atoms with Crippen LogP contribution in [0.5, 0.6) is 0 Å². The second kappa shape index (κ2) is 5.47. The van der Waals surface area contributed by atoms with Crippen LogP contribution in [-0.4, -0.2) is 33.7 Å². The number of aryl methyl sites for hydroxylation is 2. The first-order chi connectivity index (χ1) is 9.42. The van der Waals surface area contributed by atoms with Gasteiger partial charge >= 0.3 is 0 Å². The lowest BCUT2D eigenvalue weighted by Gasteiger charge is -2.06. The molecule has 0 aliphatic heterocycles. The summed E-state index contributed by atoms with van der Waals surface area (Å²) in [4.78, 5) is 7.76. The van der Waals surface area contributed by atoms with Gasteiger partial charge in [-0.2, -0.15) is 13.5 Å². The van der Waals surface area contributed by atoms with Crippen molar-refractivity contribution in [1.29, 1.82) is 0 Å². The summed E-state index contributed by atoms with van der Waals surface area (Å²) in [7, 11) is -3.88. The van der Waals surface area contributed by atoms with Gasteiger partial charge in [0.15, 0.2) is 5.03 Å². The van der Waals surface area contributed by atoms with E-state index in [1.807, 2.05) is 0 Å². The lowest BCUT2D eigenvalue weighted by molar-refractivity contribution is 0.281. The van der Waals surface area contributed by atoms with Gasteiger partial charge in [-0.05, 0) is 25.5 Å². The van der Waals surface area contributed by atoms with Gasteiger partial charge in [0, 0.05) is 6.20 Å². The zero-order valence-electron chi connectivity index (χ0n) is 10.9. The second-order valence-electron chi connectivity index (χ2n) is 4.07. The van der Waals surface area contributed by atoms with E-state index < -0.39 is 10.0 Å². The maximum absolute atomic E-state index is 12.1. The van der Waals surface area contributed by atoms with Crippen LogP contribution < -0.4 is 4.72 Å². The van der Waals surface area contributed by atoms with Gasteiger partial charge < -0.3 is 5.11 Å². The molecule has 0 spiro atoms. The summed E-state index contributed by atoms with van der Waals surface area (Å²) in [6.07, 6.45) is 1.29. The van der Waals surface area contributed by atoms with Crippen LogP contribution >= 0.6 is 0 Å². The van der Waals surface area contributed by atoms with Crippen LogP contribution in [-0.2, 0) is 16.6 Å². The molecule has 0 aliphatic rings. The van der Waals surface area contributed by atoms with Crippen molar-refractivity contribution >= 4 is 16.0 Å². The third-order valence-electron chi connectivity index (χ3n) is 2.57. The van der Waals surface area contributed by atoms with Gasteiger partial charge in [0.25, 0.3) is 16.0 Å². The number of sulfonamides is 1. The molecule has 0 saturated heterocycles. The fourth-order valence-corrected chi connectivity index (χ4v) is 2.21. The highest BCUT2D eigenvalue weighted by atomic mass is 32.2. The molecule has 8 nitrogen and oxygen atoms in total. The number of aromatic nitrogens is 4. The van der Waals surface area contributed by atoms with E-state index >= 15 is 0 Å². The van der Waals surface area contributed by atoms with E-state index in [1.165, 1.54) is 18.3 Å². The molecule has 2 rings (SSSR count). The third kappa shape index (κ3) is 3.06. The monoisotopic (exact) mass is 295 g/mol. The molecule has 20 heavy (non-hydrogen) atoms.